The highest BCUT2D eigenvalue weighted by Crippen LogP contribution is 2.36. The number of aryl methyl sites for hydroxylation is 2. The van der Waals surface area contributed by atoms with Crippen molar-refractivity contribution in [1.29, 1.82) is 5.26 Å². The number of likely N-dealkylation sites (tertiary alicyclic amines) is 1. The molecule has 0 saturated carbocycles. The zero-order valence-electron chi connectivity index (χ0n) is 20.3. The first-order valence-electron chi connectivity index (χ1n) is 12.2. The normalized spacial score (nSPS) is 17.7. The fraction of sp³-hybridized carbons (Fsp3) is 0.407. The van der Waals surface area contributed by atoms with E-state index in [1.807, 2.05) is 42.2 Å². The first-order chi connectivity index (χ1) is 17.0. The van der Waals surface area contributed by atoms with Crippen molar-refractivity contribution in [2.45, 2.75) is 56.4 Å². The van der Waals surface area contributed by atoms with Crippen LogP contribution in [-0.2, 0) is 12.8 Å². The molecule has 3 aromatic rings. The highest BCUT2D eigenvalue weighted by molar-refractivity contribution is 14.1. The number of nitriles is 1. The van der Waals surface area contributed by atoms with Gasteiger partial charge in [0.15, 0.2) is 5.82 Å². The molecule has 4 rings (SSSR count). The van der Waals surface area contributed by atoms with E-state index < -0.39 is 0 Å². The highest BCUT2D eigenvalue weighted by Gasteiger charge is 2.32. The number of alkyl halides is 1. The first kappa shape index (κ1) is 25.2. The zero-order valence-corrected chi connectivity index (χ0v) is 22.5. The number of halogens is 1. The van der Waals surface area contributed by atoms with Gasteiger partial charge in [0.25, 0.3) is 5.91 Å². The molecule has 0 aliphatic carbocycles. The van der Waals surface area contributed by atoms with Gasteiger partial charge >= 0.3 is 6.01 Å². The number of piperidine rings is 1. The third-order valence-corrected chi connectivity index (χ3v) is 7.81. The van der Waals surface area contributed by atoms with Crippen LogP contribution in [0.1, 0.15) is 72.1 Å². The molecule has 2 aromatic carbocycles. The van der Waals surface area contributed by atoms with Crippen molar-refractivity contribution >= 4 is 28.5 Å². The Bertz CT molecular complexity index is 1230. The predicted octanol–water partition coefficient (Wildman–Crippen LogP) is 5.65. The van der Waals surface area contributed by atoms with Gasteiger partial charge in [-0.25, -0.2) is 0 Å². The number of nitrogens with zero attached hydrogens (tertiary/aromatic N) is 4. The van der Waals surface area contributed by atoms with Crippen LogP contribution in [0, 0.1) is 11.3 Å². The topological polar surface area (TPSA) is 94.9 Å². The summed E-state index contributed by atoms with van der Waals surface area (Å²) in [6, 6.07) is 14.5. The van der Waals surface area contributed by atoms with E-state index in [4.69, 9.17) is 10.00 Å². The fourth-order valence-corrected chi connectivity index (χ4v) is 5.85. The van der Waals surface area contributed by atoms with E-state index in [-0.39, 0.29) is 9.96 Å². The largest absolute Gasteiger partial charge is 0.464 e. The van der Waals surface area contributed by atoms with Gasteiger partial charge in [-0.2, -0.15) is 5.26 Å². The minimum absolute atomic E-state index is 0.0629. The van der Waals surface area contributed by atoms with Gasteiger partial charge < -0.3 is 9.64 Å². The number of carbonyl (C=O) groups excluding carboxylic acids is 1. The Morgan fingerprint density at radius 2 is 1.91 bits per heavy atom. The van der Waals surface area contributed by atoms with E-state index in [2.05, 4.69) is 63.8 Å². The Morgan fingerprint density at radius 1 is 1.17 bits per heavy atom. The SMILES string of the molecule is CCOc1nnc(-c2cc(C(=O)N3CCC(c4ccc(C#N)cc4)CC3I)c(CC)cc2CC)[nH]1. The number of benzene rings is 2. The fourth-order valence-electron chi connectivity index (χ4n) is 4.70. The highest BCUT2D eigenvalue weighted by atomic mass is 127. The Labute approximate surface area is 220 Å². The number of amides is 1. The lowest BCUT2D eigenvalue weighted by molar-refractivity contribution is 0.0696. The molecule has 8 heteroatoms. The molecule has 2 unspecified atom stereocenters. The Kier molecular flexibility index (Phi) is 8.06. The lowest BCUT2D eigenvalue weighted by Crippen LogP contribution is -2.42. The molecule has 1 fully saturated rings. The molecule has 1 N–H and O–H groups in total. The third kappa shape index (κ3) is 5.35. The number of hydrogen-bond acceptors (Lipinski definition) is 5. The lowest BCUT2D eigenvalue weighted by atomic mass is 9.88. The maximum absolute atomic E-state index is 13.8. The molecule has 7 nitrogen and oxygen atoms in total. The molecule has 1 saturated heterocycles. The lowest BCUT2D eigenvalue weighted by Gasteiger charge is -2.37. The van der Waals surface area contributed by atoms with Crippen LogP contribution >= 0.6 is 22.6 Å². The summed E-state index contributed by atoms with van der Waals surface area (Å²) in [6.07, 6.45) is 3.40. The number of carbonyl (C=O) groups is 1. The molecule has 35 heavy (non-hydrogen) atoms. The van der Waals surface area contributed by atoms with Crippen LogP contribution in [0.15, 0.2) is 36.4 Å². The second-order valence-electron chi connectivity index (χ2n) is 8.67. The molecule has 1 aromatic heterocycles. The second kappa shape index (κ2) is 11.2. The van der Waals surface area contributed by atoms with Crippen LogP contribution in [0.25, 0.3) is 11.4 Å². The predicted molar refractivity (Wildman–Crippen MR) is 144 cm³/mol. The van der Waals surface area contributed by atoms with Gasteiger partial charge in [-0.1, -0.05) is 59.7 Å². The van der Waals surface area contributed by atoms with Gasteiger partial charge in [-0.15, -0.1) is 5.10 Å². The summed E-state index contributed by atoms with van der Waals surface area (Å²) in [5, 5.41) is 17.4. The van der Waals surface area contributed by atoms with Gasteiger partial charge in [0, 0.05) is 17.7 Å². The Hall–Kier alpha value is -2.93. The van der Waals surface area contributed by atoms with E-state index in [1.54, 1.807) is 0 Å². The van der Waals surface area contributed by atoms with E-state index in [1.165, 1.54) is 5.56 Å². The van der Waals surface area contributed by atoms with Crippen LogP contribution < -0.4 is 4.74 Å². The molecule has 0 radical (unpaired) electrons. The number of aromatic amines is 1. The van der Waals surface area contributed by atoms with E-state index >= 15 is 0 Å². The van der Waals surface area contributed by atoms with Crippen molar-refractivity contribution in [3.63, 3.8) is 0 Å². The summed E-state index contributed by atoms with van der Waals surface area (Å²) in [7, 11) is 0. The average Bonchev–Trinajstić information content (AvgIpc) is 3.36. The summed E-state index contributed by atoms with van der Waals surface area (Å²) in [6.45, 7) is 7.29. The second-order valence-corrected chi connectivity index (χ2v) is 10.1. The smallest absolute Gasteiger partial charge is 0.314 e. The molecule has 0 bridgehead atoms. The molecular formula is C27H30IN5O2. The third-order valence-electron chi connectivity index (χ3n) is 6.63. The molecule has 2 heterocycles. The number of H-pyrrole nitrogens is 1. The van der Waals surface area contributed by atoms with Crippen molar-refractivity contribution in [3.8, 4) is 23.5 Å². The van der Waals surface area contributed by atoms with Crippen LogP contribution in [0.5, 0.6) is 6.01 Å². The maximum atomic E-state index is 13.8. The van der Waals surface area contributed by atoms with E-state index in [9.17, 15) is 4.79 Å². The van der Waals surface area contributed by atoms with Gasteiger partial charge in [-0.3, -0.25) is 9.78 Å². The molecule has 1 aliphatic rings. The molecule has 2 atom stereocenters. The quantitative estimate of drug-likeness (QED) is 0.221. The van der Waals surface area contributed by atoms with Crippen LogP contribution in [0.3, 0.4) is 0 Å². The average molecular weight is 583 g/mol. The molecular weight excluding hydrogens is 553 g/mol. The number of aromatic nitrogens is 3. The summed E-state index contributed by atoms with van der Waals surface area (Å²) in [4.78, 5) is 19.0. The number of nitrogens with one attached hydrogen (secondary N) is 1. The van der Waals surface area contributed by atoms with Crippen LogP contribution in [0.4, 0.5) is 0 Å². The molecule has 0 spiro atoms. The van der Waals surface area contributed by atoms with Crippen LogP contribution in [-0.4, -0.2) is 43.2 Å². The van der Waals surface area contributed by atoms with Crippen molar-refractivity contribution in [3.05, 3.63) is 64.2 Å². The van der Waals surface area contributed by atoms with Gasteiger partial charge in [0.2, 0.25) is 0 Å². The van der Waals surface area contributed by atoms with Crippen molar-refractivity contribution in [2.75, 3.05) is 13.2 Å². The Balaban J connectivity index is 1.60. The maximum Gasteiger partial charge on any atom is 0.314 e. The molecule has 1 amide bonds. The minimum Gasteiger partial charge on any atom is -0.464 e. The summed E-state index contributed by atoms with van der Waals surface area (Å²) >= 11 is 2.40. The van der Waals surface area contributed by atoms with Crippen molar-refractivity contribution in [1.82, 2.24) is 20.1 Å². The number of ether oxygens (including phenoxy) is 1. The van der Waals surface area contributed by atoms with E-state index in [0.29, 0.717) is 36.5 Å². The van der Waals surface area contributed by atoms with Gasteiger partial charge in [0.05, 0.1) is 22.3 Å². The van der Waals surface area contributed by atoms with Crippen molar-refractivity contribution in [2.24, 2.45) is 0 Å². The molecule has 1 aliphatic heterocycles. The Morgan fingerprint density at radius 3 is 2.54 bits per heavy atom. The standard InChI is InChI=1S/C27H30IN5O2/c1-4-18-13-19(5-2)23(15-22(18)25-30-27(32-31-25)35-6-3)26(34)33-12-11-21(14-24(33)28)20-9-7-17(16-29)8-10-20/h7-10,13,15,21,24H,4-6,11-12,14H2,1-3H3,(H,30,31,32). The minimum atomic E-state index is 0.0629. The van der Waals surface area contributed by atoms with Crippen LogP contribution in [0.2, 0.25) is 0 Å². The number of hydrogen-bond donors (Lipinski definition) is 1. The van der Waals surface area contributed by atoms with Crippen molar-refractivity contribution < 1.29 is 9.53 Å². The first-order valence-corrected chi connectivity index (χ1v) is 13.4. The van der Waals surface area contributed by atoms with Gasteiger partial charge in [-0.05, 0) is 73.4 Å². The zero-order chi connectivity index (χ0) is 24.9. The summed E-state index contributed by atoms with van der Waals surface area (Å²) in [5.74, 6) is 1.06. The van der Waals surface area contributed by atoms with E-state index in [0.717, 1.165) is 47.9 Å². The molecule has 182 valence electrons. The monoisotopic (exact) mass is 583 g/mol. The van der Waals surface area contributed by atoms with Gasteiger partial charge in [0.1, 0.15) is 0 Å². The summed E-state index contributed by atoms with van der Waals surface area (Å²) < 4.78 is 5.54. The summed E-state index contributed by atoms with van der Waals surface area (Å²) in [5.41, 5.74) is 5.71. The number of rotatable bonds is 7.